The van der Waals surface area contributed by atoms with E-state index in [-0.39, 0.29) is 5.91 Å². The topological polar surface area (TPSA) is 84.7 Å². The molecular weight excluding hydrogens is 325 g/mol. The normalized spacial score (nSPS) is 12.7. The molecule has 130 valence electrons. The second-order valence-corrected chi connectivity index (χ2v) is 5.05. The second kappa shape index (κ2) is 7.75. The smallest absolute Gasteiger partial charge is 0.370 e. The van der Waals surface area contributed by atoms with Gasteiger partial charge >= 0.3 is 6.18 Å². The number of halogens is 3. The minimum atomic E-state index is -4.39. The van der Waals surface area contributed by atoms with Crippen molar-refractivity contribution in [1.29, 1.82) is 0 Å². The van der Waals surface area contributed by atoms with Crippen LogP contribution in [-0.4, -0.2) is 38.7 Å². The van der Waals surface area contributed by atoms with Crippen molar-refractivity contribution in [3.63, 3.8) is 0 Å². The zero-order valence-electron chi connectivity index (χ0n) is 12.9. The Balaban J connectivity index is 1.67. The Bertz CT molecular complexity index is 642. The molecule has 2 heterocycles. The summed E-state index contributed by atoms with van der Waals surface area (Å²) in [4.78, 5) is 19.3. The number of alkyl halides is 3. The molecular formula is C14H17F3N6O. The molecule has 0 bridgehead atoms. The number of hydrogen-bond acceptors (Lipinski definition) is 5. The lowest BCUT2D eigenvalue weighted by Crippen LogP contribution is -2.32. The van der Waals surface area contributed by atoms with Crippen molar-refractivity contribution < 1.29 is 18.0 Å². The average Bonchev–Trinajstić information content (AvgIpc) is 3.07. The number of nitrogens with one attached hydrogen (secondary N) is 2. The van der Waals surface area contributed by atoms with Crippen LogP contribution in [-0.2, 0) is 11.0 Å². The van der Waals surface area contributed by atoms with Crippen LogP contribution >= 0.6 is 0 Å². The van der Waals surface area contributed by atoms with Gasteiger partial charge in [-0.1, -0.05) is 0 Å². The van der Waals surface area contributed by atoms with Crippen LogP contribution in [0.1, 0.15) is 24.9 Å². The first kappa shape index (κ1) is 17.7. The van der Waals surface area contributed by atoms with E-state index >= 15 is 0 Å². The average molecular weight is 342 g/mol. The molecule has 0 unspecified atom stereocenters. The number of aromatic nitrogens is 4. The maximum absolute atomic E-state index is 12.4. The van der Waals surface area contributed by atoms with Crippen LogP contribution in [0.4, 0.5) is 19.0 Å². The molecule has 2 aromatic rings. The van der Waals surface area contributed by atoms with Crippen molar-refractivity contribution in [3.8, 4) is 0 Å². The Morgan fingerprint density at radius 1 is 1.33 bits per heavy atom. The molecule has 0 saturated carbocycles. The van der Waals surface area contributed by atoms with Gasteiger partial charge < -0.3 is 10.6 Å². The Hall–Kier alpha value is -2.65. The SMILES string of the molecule is C[C@H](C(=O)NCCCNc1ccc(C(F)(F)F)cn1)n1cncn1. The van der Waals surface area contributed by atoms with E-state index in [0.29, 0.717) is 25.3 Å². The highest BCUT2D eigenvalue weighted by Gasteiger charge is 2.30. The van der Waals surface area contributed by atoms with Crippen molar-refractivity contribution in [3.05, 3.63) is 36.5 Å². The Morgan fingerprint density at radius 3 is 2.71 bits per heavy atom. The van der Waals surface area contributed by atoms with E-state index in [1.54, 1.807) is 6.92 Å². The molecule has 0 aliphatic heterocycles. The predicted molar refractivity (Wildman–Crippen MR) is 80.1 cm³/mol. The molecule has 0 radical (unpaired) electrons. The molecule has 1 amide bonds. The van der Waals surface area contributed by atoms with Gasteiger partial charge in [0.2, 0.25) is 5.91 Å². The van der Waals surface area contributed by atoms with E-state index in [4.69, 9.17) is 0 Å². The van der Waals surface area contributed by atoms with E-state index in [1.165, 1.54) is 23.4 Å². The summed E-state index contributed by atoms with van der Waals surface area (Å²) in [6, 6.07) is 1.78. The molecule has 2 aromatic heterocycles. The fourth-order valence-corrected chi connectivity index (χ4v) is 1.87. The summed E-state index contributed by atoms with van der Waals surface area (Å²) in [6.07, 6.45) is -0.203. The van der Waals surface area contributed by atoms with Crippen LogP contribution in [0.25, 0.3) is 0 Å². The largest absolute Gasteiger partial charge is 0.417 e. The number of carbonyl (C=O) groups is 1. The highest BCUT2D eigenvalue weighted by atomic mass is 19.4. The summed E-state index contributed by atoms with van der Waals surface area (Å²) in [7, 11) is 0. The van der Waals surface area contributed by atoms with Gasteiger partial charge in [0.1, 0.15) is 24.5 Å². The first-order valence-electron chi connectivity index (χ1n) is 7.27. The minimum absolute atomic E-state index is 0.187. The number of hydrogen-bond donors (Lipinski definition) is 2. The van der Waals surface area contributed by atoms with Crippen molar-refractivity contribution in [2.45, 2.75) is 25.6 Å². The third-order valence-corrected chi connectivity index (χ3v) is 3.26. The quantitative estimate of drug-likeness (QED) is 0.751. The zero-order chi connectivity index (χ0) is 17.6. The molecule has 2 N–H and O–H groups in total. The number of pyridine rings is 1. The van der Waals surface area contributed by atoms with Crippen LogP contribution in [0.5, 0.6) is 0 Å². The highest BCUT2D eigenvalue weighted by Crippen LogP contribution is 2.28. The van der Waals surface area contributed by atoms with Gasteiger partial charge in [0.25, 0.3) is 0 Å². The van der Waals surface area contributed by atoms with Gasteiger partial charge in [0.05, 0.1) is 5.56 Å². The summed E-state index contributed by atoms with van der Waals surface area (Å²) in [5.41, 5.74) is -0.789. The number of rotatable bonds is 7. The standard InChI is InChI=1S/C14H17F3N6O/c1-10(23-9-18-8-22-23)13(24)20-6-2-5-19-12-4-3-11(7-21-12)14(15,16)17/h3-4,7-10H,2,5-6H2,1H3,(H,19,21)(H,20,24)/t10-/m1/s1. The van der Waals surface area contributed by atoms with Gasteiger partial charge in [-0.25, -0.2) is 14.6 Å². The van der Waals surface area contributed by atoms with Crippen LogP contribution in [0.3, 0.4) is 0 Å². The van der Waals surface area contributed by atoms with E-state index in [1.807, 2.05) is 0 Å². The van der Waals surface area contributed by atoms with Gasteiger partial charge in [-0.3, -0.25) is 4.79 Å². The monoisotopic (exact) mass is 342 g/mol. The van der Waals surface area contributed by atoms with E-state index < -0.39 is 17.8 Å². The van der Waals surface area contributed by atoms with Crippen molar-refractivity contribution in [1.82, 2.24) is 25.1 Å². The second-order valence-electron chi connectivity index (χ2n) is 5.05. The van der Waals surface area contributed by atoms with Gasteiger partial charge in [0, 0.05) is 19.3 Å². The molecule has 0 aromatic carbocycles. The number of amides is 1. The third kappa shape index (κ3) is 4.93. The summed E-state index contributed by atoms with van der Waals surface area (Å²) in [5.74, 6) is 0.165. The molecule has 0 spiro atoms. The molecule has 2 rings (SSSR count). The molecule has 10 heteroatoms. The number of anilines is 1. The van der Waals surface area contributed by atoms with Gasteiger partial charge in [-0.05, 0) is 25.5 Å². The predicted octanol–water partition coefficient (Wildman–Crippen LogP) is 1.87. The highest BCUT2D eigenvalue weighted by molar-refractivity contribution is 5.79. The molecule has 0 fully saturated rings. The van der Waals surface area contributed by atoms with Crippen molar-refractivity contribution in [2.75, 3.05) is 18.4 Å². The summed E-state index contributed by atoms with van der Waals surface area (Å²) in [6.45, 7) is 2.59. The summed E-state index contributed by atoms with van der Waals surface area (Å²) >= 11 is 0. The van der Waals surface area contributed by atoms with E-state index in [9.17, 15) is 18.0 Å². The van der Waals surface area contributed by atoms with Crippen LogP contribution in [0, 0.1) is 0 Å². The Labute approximate surface area is 136 Å². The van der Waals surface area contributed by atoms with Crippen LogP contribution < -0.4 is 10.6 Å². The van der Waals surface area contributed by atoms with E-state index in [2.05, 4.69) is 25.7 Å². The first-order valence-corrected chi connectivity index (χ1v) is 7.27. The van der Waals surface area contributed by atoms with E-state index in [0.717, 1.165) is 12.3 Å². The molecule has 24 heavy (non-hydrogen) atoms. The number of nitrogens with zero attached hydrogens (tertiary/aromatic N) is 4. The van der Waals surface area contributed by atoms with Gasteiger partial charge in [0.15, 0.2) is 0 Å². The Morgan fingerprint density at radius 2 is 2.12 bits per heavy atom. The lowest BCUT2D eigenvalue weighted by Gasteiger charge is -2.12. The Kier molecular flexibility index (Phi) is 5.72. The number of carbonyl (C=O) groups excluding carboxylic acids is 1. The maximum Gasteiger partial charge on any atom is 0.417 e. The zero-order valence-corrected chi connectivity index (χ0v) is 12.9. The molecule has 7 nitrogen and oxygen atoms in total. The van der Waals surface area contributed by atoms with Crippen molar-refractivity contribution >= 4 is 11.7 Å². The first-order chi connectivity index (χ1) is 11.4. The lowest BCUT2D eigenvalue weighted by atomic mass is 10.3. The maximum atomic E-state index is 12.4. The van der Waals surface area contributed by atoms with Gasteiger partial charge in [-0.2, -0.15) is 18.3 Å². The molecule has 0 aliphatic rings. The third-order valence-electron chi connectivity index (χ3n) is 3.26. The fourth-order valence-electron chi connectivity index (χ4n) is 1.87. The van der Waals surface area contributed by atoms with Crippen LogP contribution in [0.2, 0.25) is 0 Å². The fraction of sp³-hybridized carbons (Fsp3) is 0.429. The molecule has 0 saturated heterocycles. The van der Waals surface area contributed by atoms with Crippen molar-refractivity contribution in [2.24, 2.45) is 0 Å². The molecule has 1 atom stereocenters. The van der Waals surface area contributed by atoms with Gasteiger partial charge in [-0.15, -0.1) is 0 Å². The minimum Gasteiger partial charge on any atom is -0.370 e. The summed E-state index contributed by atoms with van der Waals surface area (Å²) in [5, 5.41) is 9.54. The molecule has 0 aliphatic carbocycles. The summed E-state index contributed by atoms with van der Waals surface area (Å²) < 4.78 is 38.7. The van der Waals surface area contributed by atoms with Crippen LogP contribution in [0.15, 0.2) is 31.0 Å². The lowest BCUT2D eigenvalue weighted by molar-refractivity contribution is -0.137.